The average Bonchev–Trinajstić information content (AvgIpc) is 3.94. The monoisotopic (exact) mass is 732 g/mol. The minimum atomic E-state index is 0.864. The van der Waals surface area contributed by atoms with Crippen LogP contribution in [0.4, 0.5) is 17.1 Å². The number of hydrogen-bond acceptors (Lipinski definition) is 3. The molecule has 0 radical (unpaired) electrons. The third-order valence-electron chi connectivity index (χ3n) is 11.4. The summed E-state index contributed by atoms with van der Waals surface area (Å²) in [6.45, 7) is 0. The van der Waals surface area contributed by atoms with E-state index in [9.17, 15) is 0 Å². The van der Waals surface area contributed by atoms with Gasteiger partial charge in [0, 0.05) is 58.8 Å². The summed E-state index contributed by atoms with van der Waals surface area (Å²) in [5.74, 6) is 0. The highest BCUT2D eigenvalue weighted by molar-refractivity contribution is 7.26. The Bertz CT molecular complexity index is 3460. The summed E-state index contributed by atoms with van der Waals surface area (Å²) in [6.07, 6.45) is 0. The number of hydrogen-bond donors (Lipinski definition) is 0. The molecule has 4 heteroatoms. The summed E-state index contributed by atoms with van der Waals surface area (Å²) in [5, 5.41) is 9.57. The van der Waals surface area contributed by atoms with Gasteiger partial charge in [0.15, 0.2) is 0 Å². The number of benzene rings is 9. The van der Waals surface area contributed by atoms with E-state index in [0.29, 0.717) is 0 Å². The molecule has 0 aliphatic carbocycles. The van der Waals surface area contributed by atoms with Gasteiger partial charge in [0.2, 0.25) is 0 Å². The summed E-state index contributed by atoms with van der Waals surface area (Å²) < 4.78 is 11.8. The van der Waals surface area contributed by atoms with E-state index < -0.39 is 0 Å². The van der Waals surface area contributed by atoms with Crippen molar-refractivity contribution in [2.24, 2.45) is 0 Å². The zero-order valence-corrected chi connectivity index (χ0v) is 31.0. The zero-order valence-electron chi connectivity index (χ0n) is 30.2. The molecule has 0 amide bonds. The van der Waals surface area contributed by atoms with Crippen LogP contribution in [0, 0.1) is 0 Å². The molecule has 9 aromatic carbocycles. The molecule has 0 aliphatic heterocycles. The summed E-state index contributed by atoms with van der Waals surface area (Å²) in [6, 6.07) is 70.2. The Morgan fingerprint density at radius 1 is 0.464 bits per heavy atom. The minimum absolute atomic E-state index is 0.864. The van der Waals surface area contributed by atoms with Gasteiger partial charge in [0.1, 0.15) is 11.2 Å². The summed E-state index contributed by atoms with van der Waals surface area (Å²) in [4.78, 5) is 2.42. The number of anilines is 3. The number of furan rings is 1. The quantitative estimate of drug-likeness (QED) is 0.176. The highest BCUT2D eigenvalue weighted by atomic mass is 32.1. The molecule has 3 heterocycles. The predicted octanol–water partition coefficient (Wildman–Crippen LogP) is 15.3. The Morgan fingerprint density at radius 2 is 1.12 bits per heavy atom. The fourth-order valence-electron chi connectivity index (χ4n) is 8.91. The maximum absolute atomic E-state index is 6.75. The first kappa shape index (κ1) is 31.2. The molecular formula is C52H32N2OS. The van der Waals surface area contributed by atoms with Gasteiger partial charge < -0.3 is 13.9 Å². The van der Waals surface area contributed by atoms with Gasteiger partial charge in [0.05, 0.1) is 22.1 Å². The highest BCUT2D eigenvalue weighted by Gasteiger charge is 2.22. The fraction of sp³-hybridized carbons (Fsp3) is 0. The molecule has 0 bridgehead atoms. The van der Waals surface area contributed by atoms with Crippen LogP contribution >= 0.6 is 11.3 Å². The second-order valence-corrected chi connectivity index (χ2v) is 15.5. The maximum Gasteiger partial charge on any atom is 0.143 e. The van der Waals surface area contributed by atoms with Crippen LogP contribution in [0.25, 0.3) is 91.5 Å². The molecule has 0 fully saturated rings. The zero-order chi connectivity index (χ0) is 36.7. The van der Waals surface area contributed by atoms with Crippen molar-refractivity contribution in [1.29, 1.82) is 0 Å². The molecule has 3 nitrogen and oxygen atoms in total. The van der Waals surface area contributed by atoms with Crippen molar-refractivity contribution in [3.05, 3.63) is 194 Å². The van der Waals surface area contributed by atoms with Gasteiger partial charge in [-0.1, -0.05) is 127 Å². The maximum atomic E-state index is 6.75. The number of para-hydroxylation sites is 2. The van der Waals surface area contributed by atoms with Crippen LogP contribution in [-0.2, 0) is 0 Å². The fourth-order valence-corrected chi connectivity index (χ4v) is 10.1. The van der Waals surface area contributed by atoms with Gasteiger partial charge in [-0.05, 0) is 83.2 Å². The van der Waals surface area contributed by atoms with E-state index in [0.717, 1.165) is 50.1 Å². The third kappa shape index (κ3) is 4.63. The topological polar surface area (TPSA) is 21.3 Å². The number of aromatic nitrogens is 1. The van der Waals surface area contributed by atoms with Gasteiger partial charge in [0.25, 0.3) is 0 Å². The molecule has 0 saturated carbocycles. The van der Waals surface area contributed by atoms with Crippen LogP contribution in [0.15, 0.2) is 199 Å². The summed E-state index contributed by atoms with van der Waals surface area (Å²) in [5.41, 5.74) is 10.9. The van der Waals surface area contributed by atoms with Crippen molar-refractivity contribution in [1.82, 2.24) is 4.57 Å². The second-order valence-electron chi connectivity index (χ2n) is 14.5. The van der Waals surface area contributed by atoms with E-state index in [1.165, 1.54) is 58.5 Å². The van der Waals surface area contributed by atoms with Gasteiger partial charge in [-0.3, -0.25) is 0 Å². The molecule has 0 saturated heterocycles. The van der Waals surface area contributed by atoms with Crippen LogP contribution < -0.4 is 4.90 Å². The molecule has 0 atom stereocenters. The molecule has 56 heavy (non-hydrogen) atoms. The van der Waals surface area contributed by atoms with Gasteiger partial charge >= 0.3 is 0 Å². The molecule has 0 unspecified atom stereocenters. The average molecular weight is 733 g/mol. The SMILES string of the molecule is c1cc(-c2cccc3c2sc2ccccc23)cc(N(c2cccc(-n3c4ccccc4c4ccccc43)c2)c2cccc3oc4c5ccccc5ccc4c23)c1. The van der Waals surface area contributed by atoms with E-state index >= 15 is 0 Å². The number of nitrogens with zero attached hydrogens (tertiary/aromatic N) is 2. The minimum Gasteiger partial charge on any atom is -0.455 e. The Hall–Kier alpha value is -7.14. The lowest BCUT2D eigenvalue weighted by atomic mass is 10.0. The summed E-state index contributed by atoms with van der Waals surface area (Å²) in [7, 11) is 0. The molecule has 0 spiro atoms. The first-order valence-electron chi connectivity index (χ1n) is 19.0. The normalized spacial score (nSPS) is 11.9. The molecule has 0 aliphatic rings. The van der Waals surface area contributed by atoms with Crippen LogP contribution in [0.3, 0.4) is 0 Å². The van der Waals surface area contributed by atoms with E-state index in [4.69, 9.17) is 4.42 Å². The molecule has 0 N–H and O–H groups in total. The van der Waals surface area contributed by atoms with Gasteiger partial charge in [-0.15, -0.1) is 11.3 Å². The van der Waals surface area contributed by atoms with Crippen molar-refractivity contribution >= 4 is 103 Å². The van der Waals surface area contributed by atoms with Crippen molar-refractivity contribution in [2.75, 3.05) is 4.90 Å². The lowest BCUT2D eigenvalue weighted by Crippen LogP contribution is -2.11. The molecule has 12 rings (SSSR count). The molecule has 262 valence electrons. The first-order valence-corrected chi connectivity index (χ1v) is 19.8. The highest BCUT2D eigenvalue weighted by Crippen LogP contribution is 2.47. The Morgan fingerprint density at radius 3 is 1.96 bits per heavy atom. The van der Waals surface area contributed by atoms with E-state index in [2.05, 4.69) is 204 Å². The second kappa shape index (κ2) is 12.2. The lowest BCUT2D eigenvalue weighted by Gasteiger charge is -2.27. The predicted molar refractivity (Wildman–Crippen MR) is 239 cm³/mol. The Balaban J connectivity index is 1.12. The smallest absolute Gasteiger partial charge is 0.143 e. The van der Waals surface area contributed by atoms with Crippen molar-refractivity contribution in [3.63, 3.8) is 0 Å². The molecule has 3 aromatic heterocycles. The largest absolute Gasteiger partial charge is 0.455 e. The Kier molecular flexibility index (Phi) is 6.80. The number of thiophene rings is 1. The molecule has 12 aromatic rings. The van der Waals surface area contributed by atoms with Gasteiger partial charge in [-0.25, -0.2) is 0 Å². The number of rotatable bonds is 5. The van der Waals surface area contributed by atoms with Crippen LogP contribution in [0.1, 0.15) is 0 Å². The van der Waals surface area contributed by atoms with Crippen molar-refractivity contribution in [2.45, 2.75) is 0 Å². The summed E-state index contributed by atoms with van der Waals surface area (Å²) >= 11 is 1.87. The van der Waals surface area contributed by atoms with Crippen LogP contribution in [0.2, 0.25) is 0 Å². The van der Waals surface area contributed by atoms with E-state index in [-0.39, 0.29) is 0 Å². The number of fused-ring (bicyclic) bond motifs is 11. The van der Waals surface area contributed by atoms with E-state index in [1.54, 1.807) is 0 Å². The third-order valence-corrected chi connectivity index (χ3v) is 12.6. The molecular weight excluding hydrogens is 701 g/mol. The Labute approximate surface area is 326 Å². The van der Waals surface area contributed by atoms with Crippen molar-refractivity contribution < 1.29 is 4.42 Å². The van der Waals surface area contributed by atoms with Crippen LogP contribution in [-0.4, -0.2) is 4.57 Å². The van der Waals surface area contributed by atoms with E-state index in [1.807, 2.05) is 11.3 Å². The standard InChI is InChI=1S/C52H32N2OS/c1-2-18-38-33(13-1)29-30-44-50-47(26-12-27-48(50)55-51(38)44)53(35-15-9-14-34(31-35)39-22-11-23-43-42-21-5-8-28-49(42)56-52(39)43)36-16-10-17-37(32-36)54-45-24-6-3-19-40(45)41-20-4-7-25-46(41)54/h1-32H. The first-order chi connectivity index (χ1) is 27.8. The van der Waals surface area contributed by atoms with Crippen LogP contribution in [0.5, 0.6) is 0 Å². The van der Waals surface area contributed by atoms with Gasteiger partial charge in [-0.2, -0.15) is 0 Å². The van der Waals surface area contributed by atoms with Crippen molar-refractivity contribution in [3.8, 4) is 16.8 Å². The lowest BCUT2D eigenvalue weighted by molar-refractivity contribution is 0.672.